The van der Waals surface area contributed by atoms with Crippen LogP contribution >= 0.6 is 0 Å². The Hall–Kier alpha value is -5.57. The molecule has 2 N–H and O–H groups in total. The lowest BCUT2D eigenvalue weighted by Gasteiger charge is -2.20. The summed E-state index contributed by atoms with van der Waals surface area (Å²) in [7, 11) is 0. The van der Waals surface area contributed by atoms with Crippen molar-refractivity contribution in [2.24, 2.45) is 0 Å². The second-order valence-electron chi connectivity index (χ2n) is 9.91. The Morgan fingerprint density at radius 1 is 0.591 bits per heavy atom. The van der Waals surface area contributed by atoms with E-state index in [-0.39, 0.29) is 29.1 Å². The lowest BCUT2D eigenvalue weighted by Crippen LogP contribution is -2.22. The summed E-state index contributed by atoms with van der Waals surface area (Å²) in [5.41, 5.74) is -1.71. The van der Waals surface area contributed by atoms with Crippen molar-refractivity contribution in [3.63, 3.8) is 0 Å². The zero-order valence-electron chi connectivity index (χ0n) is 24.2. The number of Topliss-reactive ketones (excluding diaryl/α,β-unsaturated/α-hetero) is 1. The first-order valence-electron chi connectivity index (χ1n) is 14.0. The van der Waals surface area contributed by atoms with E-state index in [0.717, 1.165) is 12.8 Å². The summed E-state index contributed by atoms with van der Waals surface area (Å²) in [6, 6.07) is 20.7. The lowest BCUT2D eigenvalue weighted by molar-refractivity contribution is 0.0489. The number of phenolic OH excluding ortho intramolecular Hbond substituents is 2. The van der Waals surface area contributed by atoms with Crippen LogP contribution < -0.4 is 4.74 Å². The fourth-order valence-electron chi connectivity index (χ4n) is 4.49. The van der Waals surface area contributed by atoms with Crippen molar-refractivity contribution in [1.82, 2.24) is 0 Å². The van der Waals surface area contributed by atoms with Crippen molar-refractivity contribution < 1.29 is 43.7 Å². The summed E-state index contributed by atoms with van der Waals surface area (Å²) >= 11 is 0. The maximum Gasteiger partial charge on any atom is 0.343 e. The number of unbranched alkanes of at least 4 members (excludes halogenated alkanes) is 2. The van der Waals surface area contributed by atoms with Crippen LogP contribution in [-0.2, 0) is 4.74 Å². The Labute approximate surface area is 253 Å². The number of carbonyl (C=O) groups is 5. The number of rotatable bonds is 12. The predicted octanol–water partition coefficient (Wildman–Crippen LogP) is 6.33. The van der Waals surface area contributed by atoms with Gasteiger partial charge in [-0.3, -0.25) is 14.4 Å². The highest BCUT2D eigenvalue weighted by Gasteiger charge is 2.37. The molecule has 0 radical (unpaired) electrons. The van der Waals surface area contributed by atoms with Crippen LogP contribution in [0.3, 0.4) is 0 Å². The van der Waals surface area contributed by atoms with Crippen LogP contribution in [0.25, 0.3) is 0 Å². The van der Waals surface area contributed by atoms with Crippen LogP contribution in [0.2, 0.25) is 0 Å². The lowest BCUT2D eigenvalue weighted by atomic mass is 9.88. The van der Waals surface area contributed by atoms with Gasteiger partial charge in [0.2, 0.25) is 5.75 Å². The van der Waals surface area contributed by atoms with Gasteiger partial charge in [-0.25, -0.2) is 9.59 Å². The van der Waals surface area contributed by atoms with Crippen molar-refractivity contribution in [3.05, 3.63) is 124 Å². The SMILES string of the molecule is CCCCCOC(=O)c1c(C(=O)c2ccccc2)c(O)c(O)c(OC(=O)c2ccccc2)c1C(=O)c1ccc(C(C)=O)cc1. The molecule has 0 saturated heterocycles. The Kier molecular flexibility index (Phi) is 10.0. The molecule has 9 nitrogen and oxygen atoms in total. The van der Waals surface area contributed by atoms with E-state index < -0.39 is 57.4 Å². The second-order valence-corrected chi connectivity index (χ2v) is 9.91. The van der Waals surface area contributed by atoms with Gasteiger partial charge in [-0.1, -0.05) is 92.6 Å². The first kappa shape index (κ1) is 31.4. The molecule has 44 heavy (non-hydrogen) atoms. The average molecular weight is 595 g/mol. The van der Waals surface area contributed by atoms with E-state index in [0.29, 0.717) is 12.0 Å². The summed E-state index contributed by atoms with van der Waals surface area (Å²) < 4.78 is 10.9. The molecule has 0 spiro atoms. The van der Waals surface area contributed by atoms with E-state index >= 15 is 0 Å². The Bertz CT molecular complexity index is 1710. The molecular formula is C35H30O9. The van der Waals surface area contributed by atoms with Gasteiger partial charge in [0.1, 0.15) is 0 Å². The van der Waals surface area contributed by atoms with Gasteiger partial charge in [-0.2, -0.15) is 0 Å². The number of carbonyl (C=O) groups excluding carboxylic acids is 5. The van der Waals surface area contributed by atoms with Crippen molar-refractivity contribution in [2.75, 3.05) is 6.61 Å². The van der Waals surface area contributed by atoms with Gasteiger partial charge >= 0.3 is 11.9 Å². The molecule has 0 aliphatic carbocycles. The molecule has 0 bridgehead atoms. The minimum atomic E-state index is -1.14. The molecule has 0 aromatic heterocycles. The first-order chi connectivity index (χ1) is 21.1. The molecule has 0 unspecified atom stereocenters. The molecule has 4 rings (SSSR count). The molecule has 4 aromatic carbocycles. The molecule has 0 saturated carbocycles. The second kappa shape index (κ2) is 14.1. The van der Waals surface area contributed by atoms with E-state index in [9.17, 15) is 34.2 Å². The number of ether oxygens (including phenoxy) is 2. The van der Waals surface area contributed by atoms with E-state index in [1.165, 1.54) is 55.5 Å². The summed E-state index contributed by atoms with van der Waals surface area (Å²) in [6.07, 6.45) is 2.05. The third-order valence-corrected chi connectivity index (χ3v) is 6.84. The first-order valence-corrected chi connectivity index (χ1v) is 14.0. The highest BCUT2D eigenvalue weighted by atomic mass is 16.5. The predicted molar refractivity (Wildman–Crippen MR) is 161 cm³/mol. The van der Waals surface area contributed by atoms with E-state index in [4.69, 9.17) is 9.47 Å². The number of aromatic hydroxyl groups is 2. The number of phenols is 2. The maximum absolute atomic E-state index is 14.2. The minimum absolute atomic E-state index is 0.0421. The standard InChI is InChI=1S/C35H30O9/c1-3-4-11-20-43-35(42)26-27(29(37)23-12-7-5-8-13-23)31(39)32(40)33(44-34(41)25-14-9-6-10-15-25)28(26)30(38)24-18-16-22(17-19-24)21(2)36/h5-10,12-19,39-40H,3-4,11,20H2,1-2H3. The highest BCUT2D eigenvalue weighted by Crippen LogP contribution is 2.46. The van der Waals surface area contributed by atoms with E-state index in [2.05, 4.69) is 0 Å². The van der Waals surface area contributed by atoms with Crippen LogP contribution in [0.5, 0.6) is 17.2 Å². The van der Waals surface area contributed by atoms with Crippen LogP contribution in [0.15, 0.2) is 84.9 Å². The molecule has 9 heteroatoms. The van der Waals surface area contributed by atoms with Gasteiger partial charge in [0.15, 0.2) is 28.8 Å². The van der Waals surface area contributed by atoms with Crippen LogP contribution in [0, 0.1) is 0 Å². The average Bonchev–Trinajstić information content (AvgIpc) is 3.05. The van der Waals surface area contributed by atoms with Gasteiger partial charge in [0.05, 0.1) is 28.9 Å². The van der Waals surface area contributed by atoms with Crippen molar-refractivity contribution in [3.8, 4) is 17.2 Å². The summed E-state index contributed by atoms with van der Waals surface area (Å²) in [5.74, 6) is -7.23. The van der Waals surface area contributed by atoms with E-state index in [1.807, 2.05) is 6.92 Å². The van der Waals surface area contributed by atoms with Crippen LogP contribution in [-0.4, -0.2) is 46.1 Å². The topological polar surface area (TPSA) is 144 Å². The molecule has 0 atom stereocenters. The Morgan fingerprint density at radius 2 is 1.11 bits per heavy atom. The van der Waals surface area contributed by atoms with Gasteiger partial charge in [0, 0.05) is 16.7 Å². The van der Waals surface area contributed by atoms with Gasteiger partial charge in [0.25, 0.3) is 0 Å². The van der Waals surface area contributed by atoms with Gasteiger partial charge < -0.3 is 19.7 Å². The number of hydrogen-bond donors (Lipinski definition) is 2. The zero-order chi connectivity index (χ0) is 31.8. The third kappa shape index (κ3) is 6.73. The molecule has 0 aliphatic heterocycles. The third-order valence-electron chi connectivity index (χ3n) is 6.84. The van der Waals surface area contributed by atoms with Crippen molar-refractivity contribution in [1.29, 1.82) is 0 Å². The quantitative estimate of drug-likeness (QED) is 0.0632. The van der Waals surface area contributed by atoms with Crippen molar-refractivity contribution in [2.45, 2.75) is 33.1 Å². The fourth-order valence-corrected chi connectivity index (χ4v) is 4.49. The molecule has 4 aromatic rings. The van der Waals surface area contributed by atoms with Gasteiger partial charge in [-0.15, -0.1) is 0 Å². The van der Waals surface area contributed by atoms with Crippen molar-refractivity contribution >= 4 is 29.3 Å². The Morgan fingerprint density at radius 3 is 1.68 bits per heavy atom. The van der Waals surface area contributed by atoms with E-state index in [1.54, 1.807) is 36.4 Å². The minimum Gasteiger partial charge on any atom is -0.504 e. The normalized spacial score (nSPS) is 10.6. The van der Waals surface area contributed by atoms with Crippen LogP contribution in [0.1, 0.15) is 96.0 Å². The molecule has 0 fully saturated rings. The molecule has 0 heterocycles. The molecular weight excluding hydrogens is 564 g/mol. The molecule has 0 aliphatic rings. The summed E-state index contributed by atoms with van der Waals surface area (Å²) in [5, 5.41) is 22.4. The number of esters is 2. The zero-order valence-corrected chi connectivity index (χ0v) is 24.2. The highest BCUT2D eigenvalue weighted by molar-refractivity contribution is 6.24. The number of benzene rings is 4. The summed E-state index contributed by atoms with van der Waals surface area (Å²) in [6.45, 7) is 3.25. The maximum atomic E-state index is 14.2. The number of hydrogen-bond acceptors (Lipinski definition) is 9. The summed E-state index contributed by atoms with van der Waals surface area (Å²) in [4.78, 5) is 66.6. The largest absolute Gasteiger partial charge is 0.504 e. The monoisotopic (exact) mass is 594 g/mol. The number of ketones is 3. The Balaban J connectivity index is 2.01. The fraction of sp³-hybridized carbons (Fsp3) is 0.171. The molecule has 224 valence electrons. The molecule has 0 amide bonds. The van der Waals surface area contributed by atoms with Gasteiger partial charge in [-0.05, 0) is 25.5 Å². The van der Waals surface area contributed by atoms with Crippen LogP contribution in [0.4, 0.5) is 0 Å². The smallest absolute Gasteiger partial charge is 0.343 e.